The SMILES string of the molecule is CC(C(=O)O)n1nccc1C(=O)Nc1cccc(Cn2cc(Br)cn2)c1. The summed E-state index contributed by atoms with van der Waals surface area (Å²) in [5, 5.41) is 20.0. The van der Waals surface area contributed by atoms with E-state index < -0.39 is 17.9 Å². The number of halogens is 1. The van der Waals surface area contributed by atoms with Crippen LogP contribution in [0.3, 0.4) is 0 Å². The fraction of sp³-hybridized carbons (Fsp3) is 0.176. The van der Waals surface area contributed by atoms with Crippen LogP contribution in [0.2, 0.25) is 0 Å². The average molecular weight is 418 g/mol. The Morgan fingerprint density at radius 1 is 1.31 bits per heavy atom. The van der Waals surface area contributed by atoms with Crippen LogP contribution >= 0.6 is 15.9 Å². The van der Waals surface area contributed by atoms with Gasteiger partial charge in [0.15, 0.2) is 0 Å². The van der Waals surface area contributed by atoms with Crippen LogP contribution in [0.15, 0.2) is 53.4 Å². The number of nitrogens with zero attached hydrogens (tertiary/aromatic N) is 4. The minimum atomic E-state index is -1.06. The number of hydrogen-bond donors (Lipinski definition) is 2. The first kappa shape index (κ1) is 17.9. The number of carbonyl (C=O) groups excluding carboxylic acids is 1. The number of aromatic nitrogens is 4. The van der Waals surface area contributed by atoms with Crippen molar-refractivity contribution in [3.63, 3.8) is 0 Å². The highest BCUT2D eigenvalue weighted by Crippen LogP contribution is 2.16. The molecule has 3 rings (SSSR count). The van der Waals surface area contributed by atoms with E-state index in [1.807, 2.05) is 24.4 Å². The summed E-state index contributed by atoms with van der Waals surface area (Å²) < 4.78 is 3.85. The fourth-order valence-electron chi connectivity index (χ4n) is 2.46. The zero-order chi connectivity index (χ0) is 18.7. The molecule has 1 amide bonds. The van der Waals surface area contributed by atoms with Gasteiger partial charge in [0.1, 0.15) is 11.7 Å². The summed E-state index contributed by atoms with van der Waals surface area (Å²) in [5.41, 5.74) is 1.75. The van der Waals surface area contributed by atoms with Gasteiger partial charge >= 0.3 is 5.97 Å². The van der Waals surface area contributed by atoms with Crippen molar-refractivity contribution < 1.29 is 14.7 Å². The molecule has 134 valence electrons. The monoisotopic (exact) mass is 417 g/mol. The molecular formula is C17H16BrN5O3. The molecule has 9 heteroatoms. The van der Waals surface area contributed by atoms with Gasteiger partial charge in [-0.3, -0.25) is 9.48 Å². The number of aliphatic carboxylic acids is 1. The maximum atomic E-state index is 12.5. The average Bonchev–Trinajstić information content (AvgIpc) is 3.23. The van der Waals surface area contributed by atoms with Gasteiger partial charge in [-0.15, -0.1) is 0 Å². The lowest BCUT2D eigenvalue weighted by Gasteiger charge is -2.12. The van der Waals surface area contributed by atoms with Crippen molar-refractivity contribution in [2.45, 2.75) is 19.5 Å². The van der Waals surface area contributed by atoms with E-state index in [0.29, 0.717) is 12.2 Å². The third-order valence-corrected chi connectivity index (χ3v) is 4.17. The molecule has 0 saturated heterocycles. The largest absolute Gasteiger partial charge is 0.480 e. The van der Waals surface area contributed by atoms with Gasteiger partial charge in [0.2, 0.25) is 0 Å². The van der Waals surface area contributed by atoms with Crippen LogP contribution in [0.1, 0.15) is 29.0 Å². The summed E-state index contributed by atoms with van der Waals surface area (Å²) in [6, 6.07) is 7.93. The maximum Gasteiger partial charge on any atom is 0.328 e. The van der Waals surface area contributed by atoms with Crippen molar-refractivity contribution in [2.24, 2.45) is 0 Å². The minimum absolute atomic E-state index is 0.182. The molecule has 1 atom stereocenters. The summed E-state index contributed by atoms with van der Waals surface area (Å²) in [5.74, 6) is -1.48. The number of carbonyl (C=O) groups is 2. The molecule has 2 N–H and O–H groups in total. The number of carboxylic acid groups (broad SMARTS) is 1. The first-order chi connectivity index (χ1) is 12.4. The number of amides is 1. The molecule has 1 aromatic carbocycles. The van der Waals surface area contributed by atoms with Crippen molar-refractivity contribution in [1.29, 1.82) is 0 Å². The Labute approximate surface area is 157 Å². The Morgan fingerprint density at radius 2 is 2.12 bits per heavy atom. The van der Waals surface area contributed by atoms with E-state index in [4.69, 9.17) is 5.11 Å². The lowest BCUT2D eigenvalue weighted by atomic mass is 10.2. The maximum absolute atomic E-state index is 12.5. The molecule has 0 bridgehead atoms. The van der Waals surface area contributed by atoms with E-state index in [2.05, 4.69) is 31.4 Å². The van der Waals surface area contributed by atoms with E-state index in [0.717, 1.165) is 10.0 Å². The lowest BCUT2D eigenvalue weighted by molar-refractivity contribution is -0.140. The molecular weight excluding hydrogens is 402 g/mol. The van der Waals surface area contributed by atoms with Gasteiger partial charge in [-0.1, -0.05) is 12.1 Å². The number of nitrogens with one attached hydrogen (secondary N) is 1. The predicted octanol–water partition coefficient (Wildman–Crippen LogP) is 2.79. The van der Waals surface area contributed by atoms with Crippen LogP contribution in [0.4, 0.5) is 5.69 Å². The van der Waals surface area contributed by atoms with Gasteiger partial charge < -0.3 is 10.4 Å². The predicted molar refractivity (Wildman–Crippen MR) is 98.0 cm³/mol. The van der Waals surface area contributed by atoms with Crippen LogP contribution < -0.4 is 5.32 Å². The van der Waals surface area contributed by atoms with Crippen LogP contribution in [-0.4, -0.2) is 36.5 Å². The standard InChI is InChI=1S/C17H16BrN5O3/c1-11(17(25)26)23-15(5-6-19-23)16(24)21-14-4-2-3-12(7-14)9-22-10-13(18)8-20-22/h2-8,10-11H,9H2,1H3,(H,21,24)(H,25,26). The zero-order valence-electron chi connectivity index (χ0n) is 13.8. The van der Waals surface area contributed by atoms with E-state index in [1.54, 1.807) is 16.9 Å². The summed E-state index contributed by atoms with van der Waals surface area (Å²) in [4.78, 5) is 23.7. The topological polar surface area (TPSA) is 102 Å². The highest BCUT2D eigenvalue weighted by Gasteiger charge is 2.21. The number of anilines is 1. The first-order valence-electron chi connectivity index (χ1n) is 7.78. The van der Waals surface area contributed by atoms with Gasteiger partial charge in [-0.2, -0.15) is 10.2 Å². The number of carboxylic acids is 1. The summed E-state index contributed by atoms with van der Waals surface area (Å²) in [6.45, 7) is 2.03. The molecule has 0 aliphatic rings. The van der Waals surface area contributed by atoms with Crippen LogP contribution in [0.25, 0.3) is 0 Å². The molecule has 0 radical (unpaired) electrons. The third-order valence-electron chi connectivity index (χ3n) is 3.76. The zero-order valence-corrected chi connectivity index (χ0v) is 15.4. The normalized spacial score (nSPS) is 11.9. The van der Waals surface area contributed by atoms with Crippen molar-refractivity contribution >= 4 is 33.5 Å². The van der Waals surface area contributed by atoms with Gasteiger partial charge in [-0.05, 0) is 46.6 Å². The second-order valence-corrected chi connectivity index (χ2v) is 6.60. The fourth-order valence-corrected chi connectivity index (χ4v) is 2.79. The molecule has 0 spiro atoms. The van der Waals surface area contributed by atoms with Gasteiger partial charge in [0.25, 0.3) is 5.91 Å². The highest BCUT2D eigenvalue weighted by molar-refractivity contribution is 9.10. The molecule has 1 unspecified atom stereocenters. The molecule has 0 saturated carbocycles. The lowest BCUT2D eigenvalue weighted by Crippen LogP contribution is -2.24. The molecule has 2 heterocycles. The Balaban J connectivity index is 1.75. The van der Waals surface area contributed by atoms with Gasteiger partial charge in [0, 0.05) is 18.1 Å². The molecule has 3 aromatic rings. The van der Waals surface area contributed by atoms with Crippen LogP contribution in [0, 0.1) is 0 Å². The molecule has 0 aliphatic heterocycles. The van der Waals surface area contributed by atoms with Crippen LogP contribution in [-0.2, 0) is 11.3 Å². The summed E-state index contributed by atoms with van der Waals surface area (Å²) in [7, 11) is 0. The van der Waals surface area contributed by atoms with Crippen molar-refractivity contribution in [3.8, 4) is 0 Å². The van der Waals surface area contributed by atoms with Crippen molar-refractivity contribution in [1.82, 2.24) is 19.6 Å². The Morgan fingerprint density at radius 3 is 2.81 bits per heavy atom. The van der Waals surface area contributed by atoms with E-state index in [9.17, 15) is 9.59 Å². The number of hydrogen-bond acceptors (Lipinski definition) is 4. The second kappa shape index (κ2) is 7.52. The van der Waals surface area contributed by atoms with Gasteiger partial charge in [0.05, 0.1) is 17.2 Å². The highest BCUT2D eigenvalue weighted by atomic mass is 79.9. The van der Waals surface area contributed by atoms with Gasteiger partial charge in [-0.25, -0.2) is 9.48 Å². The first-order valence-corrected chi connectivity index (χ1v) is 8.58. The molecule has 8 nitrogen and oxygen atoms in total. The summed E-state index contributed by atoms with van der Waals surface area (Å²) >= 11 is 3.35. The quantitative estimate of drug-likeness (QED) is 0.641. The van der Waals surface area contributed by atoms with E-state index in [-0.39, 0.29) is 5.69 Å². The second-order valence-electron chi connectivity index (χ2n) is 5.69. The van der Waals surface area contributed by atoms with E-state index >= 15 is 0 Å². The van der Waals surface area contributed by atoms with Crippen molar-refractivity contribution in [2.75, 3.05) is 5.32 Å². The Kier molecular flexibility index (Phi) is 5.17. The Bertz CT molecular complexity index is 949. The molecule has 0 fully saturated rings. The third kappa shape index (κ3) is 3.99. The molecule has 2 aromatic heterocycles. The molecule has 26 heavy (non-hydrogen) atoms. The summed E-state index contributed by atoms with van der Waals surface area (Å²) in [6.07, 6.45) is 4.97. The molecule has 0 aliphatic carbocycles. The van der Waals surface area contributed by atoms with E-state index in [1.165, 1.54) is 23.9 Å². The number of rotatable bonds is 6. The smallest absolute Gasteiger partial charge is 0.328 e. The Hall–Kier alpha value is -2.94. The minimum Gasteiger partial charge on any atom is -0.480 e. The number of benzene rings is 1. The van der Waals surface area contributed by atoms with Crippen molar-refractivity contribution in [3.05, 3.63) is 64.7 Å². The van der Waals surface area contributed by atoms with Crippen LogP contribution in [0.5, 0.6) is 0 Å².